The van der Waals surface area contributed by atoms with E-state index >= 15 is 0 Å². The lowest BCUT2D eigenvalue weighted by atomic mass is 10.0. The summed E-state index contributed by atoms with van der Waals surface area (Å²) in [5, 5.41) is 5.01. The van der Waals surface area contributed by atoms with E-state index in [2.05, 4.69) is 22.8 Å². The van der Waals surface area contributed by atoms with Crippen molar-refractivity contribution in [2.24, 2.45) is 0 Å². The smallest absolute Gasteiger partial charge is 0.407 e. The minimum atomic E-state index is -0.641. The second kappa shape index (κ2) is 8.69. The summed E-state index contributed by atoms with van der Waals surface area (Å²) in [6.07, 6.45) is 2.52. The van der Waals surface area contributed by atoms with E-state index in [1.54, 1.807) is 6.07 Å². The molecule has 0 radical (unpaired) electrons. The molecule has 8 nitrogen and oxygen atoms in total. The number of hydrogen-bond acceptors (Lipinski definition) is 5. The molecule has 0 spiro atoms. The second-order valence-corrected chi connectivity index (χ2v) is 8.84. The van der Waals surface area contributed by atoms with Crippen LogP contribution >= 0.6 is 0 Å². The van der Waals surface area contributed by atoms with Gasteiger partial charge in [-0.15, -0.1) is 0 Å². The van der Waals surface area contributed by atoms with Crippen LogP contribution in [0.15, 0.2) is 42.5 Å². The molecule has 0 aromatic heterocycles. The molecule has 5 rings (SSSR count). The number of nitrogens with one attached hydrogen (secondary N) is 2. The molecule has 3 aliphatic rings. The summed E-state index contributed by atoms with van der Waals surface area (Å²) in [6, 6.07) is 12.9. The quantitative estimate of drug-likeness (QED) is 0.663. The third-order valence-electron chi connectivity index (χ3n) is 6.43. The molecule has 2 aliphatic heterocycles. The first-order valence-electron chi connectivity index (χ1n) is 11.2. The first kappa shape index (κ1) is 21.2. The van der Waals surface area contributed by atoms with Crippen LogP contribution < -0.4 is 10.6 Å². The summed E-state index contributed by atoms with van der Waals surface area (Å²) in [7, 11) is 0. The molecule has 1 saturated carbocycles. The van der Waals surface area contributed by atoms with Crippen LogP contribution in [0.2, 0.25) is 0 Å². The zero-order chi connectivity index (χ0) is 22.9. The number of alkyl carbamates (subject to hydrolysis) is 1. The van der Waals surface area contributed by atoms with E-state index in [0.717, 1.165) is 16.7 Å². The van der Waals surface area contributed by atoms with Gasteiger partial charge in [0.2, 0.25) is 11.8 Å². The molecule has 2 heterocycles. The predicted octanol–water partition coefficient (Wildman–Crippen LogP) is 2.75. The molecule has 170 valence electrons. The molecule has 1 atom stereocenters. The monoisotopic (exact) mass is 447 g/mol. The molecule has 1 unspecified atom stereocenters. The summed E-state index contributed by atoms with van der Waals surface area (Å²) in [6.45, 7) is 0.745. The normalized spacial score (nSPS) is 19.8. The van der Waals surface area contributed by atoms with Crippen LogP contribution in [0.5, 0.6) is 0 Å². The highest BCUT2D eigenvalue weighted by atomic mass is 16.5. The predicted molar refractivity (Wildman–Crippen MR) is 118 cm³/mol. The van der Waals surface area contributed by atoms with Crippen molar-refractivity contribution < 1.29 is 23.9 Å². The van der Waals surface area contributed by atoms with Gasteiger partial charge in [-0.2, -0.15) is 0 Å². The molecule has 2 aromatic carbocycles. The maximum Gasteiger partial charge on any atom is 0.407 e. The maximum absolute atomic E-state index is 12.9. The van der Waals surface area contributed by atoms with Gasteiger partial charge < -0.3 is 15.0 Å². The van der Waals surface area contributed by atoms with Crippen molar-refractivity contribution in [3.05, 3.63) is 70.3 Å². The summed E-state index contributed by atoms with van der Waals surface area (Å²) < 4.78 is 5.30. The van der Waals surface area contributed by atoms with E-state index in [-0.39, 0.29) is 31.4 Å². The number of amides is 4. The largest absolute Gasteiger partial charge is 0.445 e. The Morgan fingerprint density at radius 1 is 1.03 bits per heavy atom. The summed E-state index contributed by atoms with van der Waals surface area (Å²) >= 11 is 0. The number of carbonyl (C=O) groups excluding carboxylic acids is 4. The van der Waals surface area contributed by atoms with Crippen LogP contribution in [-0.2, 0) is 34.0 Å². The summed E-state index contributed by atoms with van der Waals surface area (Å²) in [4.78, 5) is 50.1. The molecule has 2 fully saturated rings. The van der Waals surface area contributed by atoms with E-state index < -0.39 is 18.0 Å². The van der Waals surface area contributed by atoms with Crippen LogP contribution in [0, 0.1) is 0 Å². The molecule has 2 aromatic rings. The number of carbonyl (C=O) groups is 4. The van der Waals surface area contributed by atoms with Crippen molar-refractivity contribution in [3.8, 4) is 0 Å². The fourth-order valence-electron chi connectivity index (χ4n) is 4.39. The van der Waals surface area contributed by atoms with Gasteiger partial charge in [0, 0.05) is 25.1 Å². The van der Waals surface area contributed by atoms with E-state index in [9.17, 15) is 19.2 Å². The van der Waals surface area contributed by atoms with Gasteiger partial charge in [0.15, 0.2) is 0 Å². The van der Waals surface area contributed by atoms with Crippen molar-refractivity contribution in [1.29, 1.82) is 0 Å². The average molecular weight is 447 g/mol. The van der Waals surface area contributed by atoms with E-state index in [4.69, 9.17) is 4.74 Å². The topological polar surface area (TPSA) is 105 Å². The van der Waals surface area contributed by atoms with Crippen molar-refractivity contribution in [2.45, 2.75) is 57.3 Å². The molecule has 8 heteroatoms. The lowest BCUT2D eigenvalue weighted by molar-refractivity contribution is -0.136. The van der Waals surface area contributed by atoms with Gasteiger partial charge in [-0.05, 0) is 53.5 Å². The molecule has 4 amide bonds. The summed E-state index contributed by atoms with van der Waals surface area (Å²) in [5.41, 5.74) is 4.38. The minimum absolute atomic E-state index is 0.195. The Morgan fingerprint density at radius 2 is 1.79 bits per heavy atom. The zero-order valence-electron chi connectivity index (χ0n) is 18.1. The Hall–Kier alpha value is -3.68. The Kier molecular flexibility index (Phi) is 5.58. The van der Waals surface area contributed by atoms with Gasteiger partial charge in [-0.25, -0.2) is 4.79 Å². The highest BCUT2D eigenvalue weighted by Crippen LogP contribution is 2.39. The lowest BCUT2D eigenvalue weighted by Gasteiger charge is -2.29. The van der Waals surface area contributed by atoms with Gasteiger partial charge in [0.25, 0.3) is 5.91 Å². The number of rotatable bonds is 6. The lowest BCUT2D eigenvalue weighted by Crippen LogP contribution is -2.52. The van der Waals surface area contributed by atoms with Gasteiger partial charge in [-0.1, -0.05) is 36.4 Å². The Morgan fingerprint density at radius 3 is 2.52 bits per heavy atom. The molecule has 2 N–H and O–H groups in total. The molecule has 1 aliphatic carbocycles. The van der Waals surface area contributed by atoms with Gasteiger partial charge >= 0.3 is 6.09 Å². The summed E-state index contributed by atoms with van der Waals surface area (Å²) in [5.74, 6) is -0.285. The van der Waals surface area contributed by atoms with Gasteiger partial charge in [0.05, 0.1) is 0 Å². The third kappa shape index (κ3) is 4.60. The zero-order valence-corrected chi connectivity index (χ0v) is 18.1. The molecular formula is C25H25N3O5. The fraction of sp³-hybridized carbons (Fsp3) is 0.360. The number of imide groups is 1. The highest BCUT2D eigenvalue weighted by Gasteiger charge is 2.39. The first-order valence-corrected chi connectivity index (χ1v) is 11.2. The SMILES string of the molecule is O=C1CCC(N2Cc3ccc(CNC(=O)OCc4ccc(C5CC5)cc4)cc3C2=O)C(=O)N1. The van der Waals surface area contributed by atoms with Crippen LogP contribution in [0.3, 0.4) is 0 Å². The van der Waals surface area contributed by atoms with E-state index in [1.165, 1.54) is 23.3 Å². The second-order valence-electron chi connectivity index (χ2n) is 8.84. The van der Waals surface area contributed by atoms with Crippen LogP contribution in [0.25, 0.3) is 0 Å². The number of piperidine rings is 1. The van der Waals surface area contributed by atoms with Crippen molar-refractivity contribution in [2.75, 3.05) is 0 Å². The van der Waals surface area contributed by atoms with Crippen LogP contribution in [0.4, 0.5) is 4.79 Å². The Labute approximate surface area is 191 Å². The number of benzene rings is 2. The van der Waals surface area contributed by atoms with Crippen molar-refractivity contribution in [1.82, 2.24) is 15.5 Å². The highest BCUT2D eigenvalue weighted by molar-refractivity contribution is 6.05. The fourth-order valence-corrected chi connectivity index (χ4v) is 4.39. The van der Waals surface area contributed by atoms with Crippen molar-refractivity contribution >= 4 is 23.8 Å². The molecular weight excluding hydrogens is 422 g/mol. The Bertz CT molecular complexity index is 1120. The van der Waals surface area contributed by atoms with Crippen LogP contribution in [0.1, 0.15) is 64.2 Å². The number of nitrogens with zero attached hydrogens (tertiary/aromatic N) is 1. The standard InChI is InChI=1S/C25H25N3O5/c29-22-10-9-21(23(30)27-22)28-13-19-6-3-16(11-20(19)24(28)31)12-26-25(32)33-14-15-1-4-17(5-2-15)18-7-8-18/h1-6,11,18,21H,7-10,12-14H2,(H,26,32)(H,27,29,30). The van der Waals surface area contributed by atoms with Gasteiger partial charge in [-0.3, -0.25) is 19.7 Å². The van der Waals surface area contributed by atoms with E-state index in [1.807, 2.05) is 24.3 Å². The first-order chi connectivity index (χ1) is 16.0. The van der Waals surface area contributed by atoms with Gasteiger partial charge in [0.1, 0.15) is 12.6 Å². The number of hydrogen-bond donors (Lipinski definition) is 2. The average Bonchev–Trinajstić information content (AvgIpc) is 3.61. The number of fused-ring (bicyclic) bond motifs is 1. The van der Waals surface area contributed by atoms with E-state index in [0.29, 0.717) is 24.4 Å². The number of ether oxygens (including phenoxy) is 1. The Balaban J connectivity index is 1.14. The van der Waals surface area contributed by atoms with Crippen molar-refractivity contribution in [3.63, 3.8) is 0 Å². The molecule has 0 bridgehead atoms. The maximum atomic E-state index is 12.9. The van der Waals surface area contributed by atoms with Crippen LogP contribution in [-0.4, -0.2) is 34.8 Å². The third-order valence-corrected chi connectivity index (χ3v) is 6.43. The molecule has 1 saturated heterocycles. The minimum Gasteiger partial charge on any atom is -0.445 e. The molecule has 33 heavy (non-hydrogen) atoms.